The number of nitrogens with zero attached hydrogens (tertiary/aromatic N) is 1. The minimum absolute atomic E-state index is 0.358. The van der Waals surface area contributed by atoms with Gasteiger partial charge in [-0.05, 0) is 38.0 Å². The Morgan fingerprint density at radius 2 is 1.94 bits per heavy atom. The van der Waals surface area contributed by atoms with Gasteiger partial charge in [0.2, 0.25) is 0 Å². The lowest BCUT2D eigenvalue weighted by atomic mass is 10.1. The summed E-state index contributed by atoms with van der Waals surface area (Å²) in [7, 11) is 0. The van der Waals surface area contributed by atoms with Gasteiger partial charge in [-0.25, -0.2) is 4.79 Å². The van der Waals surface area contributed by atoms with Crippen LogP contribution in [0.5, 0.6) is 0 Å². The van der Waals surface area contributed by atoms with Crippen molar-refractivity contribution in [3.63, 3.8) is 0 Å². The zero-order valence-corrected chi connectivity index (χ0v) is 10.9. The monoisotopic (exact) mass is 243 g/mol. The average molecular weight is 243 g/mol. The van der Waals surface area contributed by atoms with E-state index in [1.54, 1.807) is 6.08 Å². The van der Waals surface area contributed by atoms with Crippen molar-refractivity contribution in [1.29, 1.82) is 5.26 Å². The van der Waals surface area contributed by atoms with E-state index in [0.29, 0.717) is 6.42 Å². The van der Waals surface area contributed by atoms with E-state index in [4.69, 9.17) is 10.00 Å². The second-order valence-electron chi connectivity index (χ2n) is 4.94. The number of rotatable bonds is 3. The minimum Gasteiger partial charge on any atom is -0.457 e. The Hall–Kier alpha value is -2.08. The molecule has 3 heteroatoms. The Balaban J connectivity index is 2.62. The van der Waals surface area contributed by atoms with Gasteiger partial charge >= 0.3 is 5.97 Å². The molecule has 94 valence electrons. The fourth-order valence-corrected chi connectivity index (χ4v) is 1.34. The summed E-state index contributed by atoms with van der Waals surface area (Å²) < 4.78 is 5.15. The Kier molecular flexibility index (Phi) is 4.67. The fourth-order valence-electron chi connectivity index (χ4n) is 1.34. The number of carbonyl (C=O) groups excluding carboxylic acids is 1. The highest BCUT2D eigenvalue weighted by Gasteiger charge is 2.13. The lowest BCUT2D eigenvalue weighted by Gasteiger charge is -2.17. The van der Waals surface area contributed by atoms with Gasteiger partial charge in [0, 0.05) is 6.08 Å². The third-order valence-electron chi connectivity index (χ3n) is 2.08. The van der Waals surface area contributed by atoms with Crippen LogP contribution < -0.4 is 0 Å². The van der Waals surface area contributed by atoms with Crippen molar-refractivity contribution < 1.29 is 9.53 Å². The highest BCUT2D eigenvalue weighted by molar-refractivity contribution is 5.87. The summed E-state index contributed by atoms with van der Waals surface area (Å²) in [6.45, 7) is 5.49. The Bertz CT molecular complexity index is 473. The van der Waals surface area contributed by atoms with Crippen LogP contribution in [0.4, 0.5) is 0 Å². The summed E-state index contributed by atoms with van der Waals surface area (Å²) in [5, 5.41) is 8.55. The SMILES string of the molecule is CC(C)(C)OC(=O)/C=C/c1ccc(CC#N)cc1. The van der Waals surface area contributed by atoms with E-state index in [9.17, 15) is 4.79 Å². The summed E-state index contributed by atoms with van der Waals surface area (Å²) in [5.74, 6) is -0.358. The number of carbonyl (C=O) groups is 1. The fraction of sp³-hybridized carbons (Fsp3) is 0.333. The van der Waals surface area contributed by atoms with Crippen molar-refractivity contribution in [2.45, 2.75) is 32.8 Å². The number of ether oxygens (including phenoxy) is 1. The molecule has 3 nitrogen and oxygen atoms in total. The molecule has 1 aromatic rings. The van der Waals surface area contributed by atoms with Gasteiger partial charge in [0.05, 0.1) is 12.5 Å². The van der Waals surface area contributed by atoms with E-state index >= 15 is 0 Å². The minimum atomic E-state index is -0.474. The molecule has 1 rings (SSSR count). The van der Waals surface area contributed by atoms with Gasteiger partial charge < -0.3 is 4.74 Å². The molecule has 0 N–H and O–H groups in total. The first-order valence-corrected chi connectivity index (χ1v) is 5.78. The highest BCUT2D eigenvalue weighted by atomic mass is 16.6. The average Bonchev–Trinajstić information content (AvgIpc) is 2.26. The Morgan fingerprint density at radius 3 is 2.44 bits per heavy atom. The standard InChI is InChI=1S/C15H17NO2/c1-15(2,3)18-14(17)9-8-12-4-6-13(7-5-12)10-11-16/h4-9H,10H2,1-3H3/b9-8+. The summed E-state index contributed by atoms with van der Waals surface area (Å²) >= 11 is 0. The maximum absolute atomic E-state index is 11.4. The summed E-state index contributed by atoms with van der Waals surface area (Å²) in [5.41, 5.74) is 1.40. The summed E-state index contributed by atoms with van der Waals surface area (Å²) in [4.78, 5) is 11.4. The molecule has 0 radical (unpaired) electrons. The van der Waals surface area contributed by atoms with Gasteiger partial charge in [-0.1, -0.05) is 24.3 Å². The van der Waals surface area contributed by atoms with E-state index in [1.807, 2.05) is 45.0 Å². The largest absolute Gasteiger partial charge is 0.457 e. The first-order valence-electron chi connectivity index (χ1n) is 5.78. The van der Waals surface area contributed by atoms with Crippen molar-refractivity contribution >= 4 is 12.0 Å². The number of esters is 1. The van der Waals surface area contributed by atoms with Gasteiger partial charge in [0.25, 0.3) is 0 Å². The molecule has 0 aliphatic rings. The van der Waals surface area contributed by atoms with Crippen LogP contribution in [0.2, 0.25) is 0 Å². The van der Waals surface area contributed by atoms with Crippen LogP contribution in [-0.4, -0.2) is 11.6 Å². The van der Waals surface area contributed by atoms with Crippen LogP contribution in [0.15, 0.2) is 30.3 Å². The third-order valence-corrected chi connectivity index (χ3v) is 2.08. The van der Waals surface area contributed by atoms with Crippen molar-refractivity contribution in [2.24, 2.45) is 0 Å². The molecule has 0 aliphatic carbocycles. The zero-order chi connectivity index (χ0) is 13.6. The van der Waals surface area contributed by atoms with Gasteiger partial charge in [0.1, 0.15) is 5.60 Å². The normalized spacial score (nSPS) is 11.2. The molecular weight excluding hydrogens is 226 g/mol. The quantitative estimate of drug-likeness (QED) is 0.605. The highest BCUT2D eigenvalue weighted by Crippen LogP contribution is 2.09. The zero-order valence-electron chi connectivity index (χ0n) is 10.9. The molecule has 0 spiro atoms. The van der Waals surface area contributed by atoms with Crippen molar-refractivity contribution in [1.82, 2.24) is 0 Å². The first-order chi connectivity index (χ1) is 8.40. The van der Waals surface area contributed by atoms with Crippen LogP contribution in [0.25, 0.3) is 6.08 Å². The molecule has 0 atom stereocenters. The van der Waals surface area contributed by atoms with Crippen LogP contribution in [0.3, 0.4) is 0 Å². The van der Waals surface area contributed by atoms with E-state index in [0.717, 1.165) is 11.1 Å². The van der Waals surface area contributed by atoms with Crippen molar-refractivity contribution in [2.75, 3.05) is 0 Å². The van der Waals surface area contributed by atoms with E-state index in [-0.39, 0.29) is 5.97 Å². The van der Waals surface area contributed by atoms with E-state index in [1.165, 1.54) is 6.08 Å². The van der Waals surface area contributed by atoms with Crippen LogP contribution >= 0.6 is 0 Å². The molecule has 0 fully saturated rings. The predicted octanol–water partition coefficient (Wildman–Crippen LogP) is 3.11. The lowest BCUT2D eigenvalue weighted by molar-refractivity contribution is -0.148. The molecule has 0 heterocycles. The van der Waals surface area contributed by atoms with Crippen molar-refractivity contribution in [3.8, 4) is 6.07 Å². The van der Waals surface area contributed by atoms with Gasteiger partial charge in [-0.2, -0.15) is 5.26 Å². The molecule has 0 saturated heterocycles. The molecule has 18 heavy (non-hydrogen) atoms. The molecule has 0 aromatic heterocycles. The maximum Gasteiger partial charge on any atom is 0.331 e. The number of hydrogen-bond donors (Lipinski definition) is 0. The molecule has 1 aromatic carbocycles. The molecular formula is C15H17NO2. The Labute approximate surface area is 108 Å². The molecule has 0 unspecified atom stereocenters. The second-order valence-corrected chi connectivity index (χ2v) is 4.94. The van der Waals surface area contributed by atoms with Crippen LogP contribution in [0.1, 0.15) is 31.9 Å². The van der Waals surface area contributed by atoms with E-state index in [2.05, 4.69) is 6.07 Å². The molecule has 0 saturated carbocycles. The third kappa shape index (κ3) is 5.31. The maximum atomic E-state index is 11.4. The van der Waals surface area contributed by atoms with Crippen LogP contribution in [-0.2, 0) is 16.0 Å². The Morgan fingerprint density at radius 1 is 1.33 bits per heavy atom. The number of hydrogen-bond acceptors (Lipinski definition) is 3. The number of benzene rings is 1. The van der Waals surface area contributed by atoms with Crippen LogP contribution in [0, 0.1) is 11.3 Å². The topological polar surface area (TPSA) is 50.1 Å². The first kappa shape index (κ1) is 14.0. The lowest BCUT2D eigenvalue weighted by Crippen LogP contribution is -2.22. The molecule has 0 aliphatic heterocycles. The van der Waals surface area contributed by atoms with Gasteiger partial charge in [-0.3, -0.25) is 0 Å². The smallest absolute Gasteiger partial charge is 0.331 e. The number of nitriles is 1. The van der Waals surface area contributed by atoms with Gasteiger partial charge in [0.15, 0.2) is 0 Å². The van der Waals surface area contributed by atoms with E-state index < -0.39 is 5.60 Å². The second kappa shape index (κ2) is 6.02. The molecule has 0 amide bonds. The van der Waals surface area contributed by atoms with Gasteiger partial charge in [-0.15, -0.1) is 0 Å². The van der Waals surface area contributed by atoms with Crippen molar-refractivity contribution in [3.05, 3.63) is 41.5 Å². The predicted molar refractivity (Wildman–Crippen MR) is 70.6 cm³/mol. The molecule has 0 bridgehead atoms. The summed E-state index contributed by atoms with van der Waals surface area (Å²) in [6, 6.07) is 9.57. The summed E-state index contributed by atoms with van der Waals surface area (Å²) in [6.07, 6.45) is 3.50.